The molecule has 2 rings (SSSR count). The van der Waals surface area contributed by atoms with Gasteiger partial charge in [-0.2, -0.15) is 0 Å². The van der Waals surface area contributed by atoms with Crippen molar-refractivity contribution < 1.29 is 16.8 Å². The second kappa shape index (κ2) is 6.10. The van der Waals surface area contributed by atoms with Gasteiger partial charge in [0.05, 0.1) is 5.75 Å². The lowest BCUT2D eigenvalue weighted by molar-refractivity contribution is 0.477. The predicted octanol–water partition coefficient (Wildman–Crippen LogP) is 0.760. The van der Waals surface area contributed by atoms with Crippen LogP contribution < -0.4 is 4.72 Å². The summed E-state index contributed by atoms with van der Waals surface area (Å²) in [6.07, 6.45) is 1.75. The van der Waals surface area contributed by atoms with Gasteiger partial charge in [-0.3, -0.25) is 0 Å². The molecule has 9 heteroatoms. The number of aryl methyl sites for hydroxylation is 1. The molecular weight excluding hydrogens is 320 g/mol. The zero-order valence-electron chi connectivity index (χ0n) is 11.2. The molecule has 2 heterocycles. The van der Waals surface area contributed by atoms with E-state index >= 15 is 0 Å². The van der Waals surface area contributed by atoms with Crippen molar-refractivity contribution >= 4 is 31.4 Å². The number of hydrogen-bond acceptors (Lipinski definition) is 5. The van der Waals surface area contributed by atoms with Crippen LogP contribution in [0.4, 0.5) is 0 Å². The number of thiophene rings is 1. The fourth-order valence-electron chi connectivity index (χ4n) is 2.03. The van der Waals surface area contributed by atoms with Crippen molar-refractivity contribution in [3.05, 3.63) is 17.0 Å². The third-order valence-electron chi connectivity index (χ3n) is 3.09. The van der Waals surface area contributed by atoms with Crippen LogP contribution in [-0.2, 0) is 20.0 Å². The molecule has 1 aromatic rings. The first-order chi connectivity index (χ1) is 9.31. The number of nitrogens with one attached hydrogen (secondary N) is 1. The largest absolute Gasteiger partial charge is 0.250 e. The fraction of sp³-hybridized carbons (Fsp3) is 0.636. The normalized spacial score (nSPS) is 17.6. The molecule has 0 aliphatic carbocycles. The lowest BCUT2D eigenvalue weighted by Gasteiger charge is -2.15. The van der Waals surface area contributed by atoms with Crippen LogP contribution in [0.3, 0.4) is 0 Å². The van der Waals surface area contributed by atoms with Crippen molar-refractivity contribution in [2.24, 2.45) is 0 Å². The first-order valence-corrected chi connectivity index (χ1v) is 10.3. The van der Waals surface area contributed by atoms with E-state index in [1.165, 1.54) is 21.7 Å². The Bertz CT molecular complexity index is 658. The number of rotatable bonds is 6. The van der Waals surface area contributed by atoms with E-state index in [0.717, 1.165) is 17.7 Å². The highest BCUT2D eigenvalue weighted by Crippen LogP contribution is 2.20. The molecule has 6 nitrogen and oxygen atoms in total. The van der Waals surface area contributed by atoms with E-state index in [4.69, 9.17) is 0 Å². The Hall–Kier alpha value is -0.480. The highest BCUT2D eigenvalue weighted by atomic mass is 32.2. The fourth-order valence-corrected chi connectivity index (χ4v) is 5.95. The zero-order valence-corrected chi connectivity index (χ0v) is 13.7. The van der Waals surface area contributed by atoms with E-state index in [1.54, 1.807) is 6.07 Å². The predicted molar refractivity (Wildman–Crippen MR) is 78.8 cm³/mol. The molecule has 1 fully saturated rings. The Kier molecular flexibility index (Phi) is 4.85. The minimum absolute atomic E-state index is 0.0991. The zero-order chi connectivity index (χ0) is 14.8. The summed E-state index contributed by atoms with van der Waals surface area (Å²) in [4.78, 5) is 0.898. The Balaban J connectivity index is 1.92. The Morgan fingerprint density at radius 2 is 1.85 bits per heavy atom. The molecule has 1 saturated heterocycles. The molecule has 0 amide bonds. The highest BCUT2D eigenvalue weighted by Gasteiger charge is 2.25. The minimum Gasteiger partial charge on any atom is -0.212 e. The molecule has 1 aliphatic heterocycles. The van der Waals surface area contributed by atoms with Crippen molar-refractivity contribution in [3.63, 3.8) is 0 Å². The first-order valence-electron chi connectivity index (χ1n) is 6.35. The quantitative estimate of drug-likeness (QED) is 0.830. The Labute approximate surface area is 123 Å². The molecule has 114 valence electrons. The maximum atomic E-state index is 12.0. The summed E-state index contributed by atoms with van der Waals surface area (Å²) in [5, 5.41) is 0. The third kappa shape index (κ3) is 3.79. The monoisotopic (exact) mass is 338 g/mol. The summed E-state index contributed by atoms with van der Waals surface area (Å²) >= 11 is 1.17. The van der Waals surface area contributed by atoms with Gasteiger partial charge in [-0.25, -0.2) is 25.9 Å². The Morgan fingerprint density at radius 1 is 1.20 bits per heavy atom. The second-order valence-corrected chi connectivity index (χ2v) is 10.1. The molecule has 1 aromatic heterocycles. The van der Waals surface area contributed by atoms with E-state index in [1.807, 2.05) is 6.92 Å². The van der Waals surface area contributed by atoms with E-state index < -0.39 is 20.0 Å². The molecular formula is C11H18N2O4S3. The smallest absolute Gasteiger partial charge is 0.212 e. The second-order valence-electron chi connectivity index (χ2n) is 4.69. The van der Waals surface area contributed by atoms with Gasteiger partial charge in [0.25, 0.3) is 0 Å². The number of hydrogen-bond donors (Lipinski definition) is 1. The molecule has 20 heavy (non-hydrogen) atoms. The van der Waals surface area contributed by atoms with Crippen molar-refractivity contribution in [2.75, 3.05) is 25.4 Å². The lowest BCUT2D eigenvalue weighted by atomic mass is 10.4. The molecule has 1 aliphatic rings. The van der Waals surface area contributed by atoms with Crippen LogP contribution in [0.15, 0.2) is 16.3 Å². The SMILES string of the molecule is Cc1ccc(S(=O)(=O)NCCS(=O)(=O)N2CCCC2)s1. The van der Waals surface area contributed by atoms with Gasteiger partial charge < -0.3 is 0 Å². The van der Waals surface area contributed by atoms with Gasteiger partial charge >= 0.3 is 0 Å². The highest BCUT2D eigenvalue weighted by molar-refractivity contribution is 7.91. The average molecular weight is 338 g/mol. The van der Waals surface area contributed by atoms with E-state index in [0.29, 0.717) is 13.1 Å². The van der Waals surface area contributed by atoms with Gasteiger partial charge in [0, 0.05) is 24.5 Å². The summed E-state index contributed by atoms with van der Waals surface area (Å²) < 4.78 is 51.8. The van der Waals surface area contributed by atoms with Crippen LogP contribution in [0.2, 0.25) is 0 Å². The molecule has 0 radical (unpaired) electrons. The lowest BCUT2D eigenvalue weighted by Crippen LogP contribution is -2.36. The summed E-state index contributed by atoms with van der Waals surface area (Å²) in [6.45, 7) is 2.80. The van der Waals surface area contributed by atoms with Crippen molar-refractivity contribution in [2.45, 2.75) is 24.0 Å². The number of nitrogens with zero attached hydrogens (tertiary/aromatic N) is 1. The van der Waals surface area contributed by atoms with Crippen LogP contribution in [0.1, 0.15) is 17.7 Å². The molecule has 0 spiro atoms. The summed E-state index contributed by atoms with van der Waals surface area (Å²) in [6, 6.07) is 3.25. The Morgan fingerprint density at radius 3 is 2.40 bits per heavy atom. The van der Waals surface area contributed by atoms with Gasteiger partial charge in [-0.05, 0) is 31.9 Å². The minimum atomic E-state index is -3.60. The molecule has 0 saturated carbocycles. The van der Waals surface area contributed by atoms with Gasteiger partial charge in [-0.1, -0.05) is 0 Å². The molecule has 0 aromatic carbocycles. The van der Waals surface area contributed by atoms with Crippen molar-refractivity contribution in [3.8, 4) is 0 Å². The van der Waals surface area contributed by atoms with Crippen LogP contribution in [-0.4, -0.2) is 46.5 Å². The topological polar surface area (TPSA) is 83.5 Å². The van der Waals surface area contributed by atoms with E-state index in [9.17, 15) is 16.8 Å². The molecule has 0 unspecified atom stereocenters. The molecule has 0 bridgehead atoms. The van der Waals surface area contributed by atoms with Crippen LogP contribution in [0, 0.1) is 6.92 Å². The standard InChI is InChI=1S/C11H18N2O4S3/c1-10-4-5-11(18-10)20(16,17)12-6-9-19(14,15)13-7-2-3-8-13/h4-5,12H,2-3,6-9H2,1H3. The molecule has 0 atom stereocenters. The van der Waals surface area contributed by atoms with Crippen LogP contribution >= 0.6 is 11.3 Å². The maximum Gasteiger partial charge on any atom is 0.250 e. The summed E-state index contributed by atoms with van der Waals surface area (Å²) in [7, 11) is -6.95. The molecule has 1 N–H and O–H groups in total. The van der Waals surface area contributed by atoms with Gasteiger partial charge in [0.15, 0.2) is 0 Å². The average Bonchev–Trinajstić information content (AvgIpc) is 2.98. The van der Waals surface area contributed by atoms with Crippen LogP contribution in [0.5, 0.6) is 0 Å². The maximum absolute atomic E-state index is 12.0. The van der Waals surface area contributed by atoms with Gasteiger partial charge in [0.2, 0.25) is 20.0 Å². The summed E-state index contributed by atoms with van der Waals surface area (Å²) in [5.74, 6) is -0.198. The van der Waals surface area contributed by atoms with E-state index in [-0.39, 0.29) is 16.5 Å². The van der Waals surface area contributed by atoms with E-state index in [2.05, 4.69) is 4.72 Å². The van der Waals surface area contributed by atoms with Crippen molar-refractivity contribution in [1.82, 2.24) is 9.03 Å². The van der Waals surface area contributed by atoms with Gasteiger partial charge in [-0.15, -0.1) is 11.3 Å². The number of sulfonamides is 2. The van der Waals surface area contributed by atoms with Gasteiger partial charge in [0.1, 0.15) is 4.21 Å². The summed E-state index contributed by atoms with van der Waals surface area (Å²) in [5.41, 5.74) is 0. The first kappa shape index (κ1) is 15.9. The third-order valence-corrected chi connectivity index (χ3v) is 7.92. The van der Waals surface area contributed by atoms with Crippen LogP contribution in [0.25, 0.3) is 0 Å². The van der Waals surface area contributed by atoms with Crippen molar-refractivity contribution in [1.29, 1.82) is 0 Å².